The van der Waals surface area contributed by atoms with Gasteiger partial charge in [-0.1, -0.05) is 23.7 Å². The molecule has 2 N–H and O–H groups in total. The molecular formula is C15H13ClN4O. The quantitative estimate of drug-likeness (QED) is 0.909. The van der Waals surface area contributed by atoms with Crippen molar-refractivity contribution in [2.24, 2.45) is 0 Å². The summed E-state index contributed by atoms with van der Waals surface area (Å²) >= 11 is 5.98. The molecule has 1 heterocycles. The van der Waals surface area contributed by atoms with Gasteiger partial charge in [0.25, 0.3) is 5.91 Å². The molecule has 0 bridgehead atoms. The smallest absolute Gasteiger partial charge is 0.271 e. The van der Waals surface area contributed by atoms with E-state index in [1.807, 2.05) is 6.07 Å². The van der Waals surface area contributed by atoms with E-state index in [9.17, 15) is 4.79 Å². The Balaban J connectivity index is 2.10. The SMILES string of the molecule is CNc1ccc(Cl)c(C(=O)NCc2cccc(C#N)c2)n1. The molecule has 0 atom stereocenters. The van der Waals surface area contributed by atoms with E-state index in [0.717, 1.165) is 5.56 Å². The molecule has 1 amide bonds. The topological polar surface area (TPSA) is 77.8 Å². The highest BCUT2D eigenvalue weighted by molar-refractivity contribution is 6.33. The number of nitriles is 1. The molecule has 5 nitrogen and oxygen atoms in total. The number of pyridine rings is 1. The molecule has 0 fully saturated rings. The molecule has 0 aliphatic rings. The van der Waals surface area contributed by atoms with Gasteiger partial charge >= 0.3 is 0 Å². The van der Waals surface area contributed by atoms with Gasteiger partial charge in [0.15, 0.2) is 0 Å². The Bertz CT molecular complexity index is 709. The molecule has 1 aromatic heterocycles. The van der Waals surface area contributed by atoms with Crippen molar-refractivity contribution in [3.05, 3.63) is 58.2 Å². The second kappa shape index (κ2) is 6.73. The van der Waals surface area contributed by atoms with Gasteiger partial charge in [-0.05, 0) is 29.8 Å². The number of hydrogen-bond donors (Lipinski definition) is 2. The third-order valence-corrected chi connectivity index (χ3v) is 3.13. The van der Waals surface area contributed by atoms with E-state index in [1.54, 1.807) is 37.4 Å². The zero-order valence-electron chi connectivity index (χ0n) is 11.4. The zero-order chi connectivity index (χ0) is 15.2. The Morgan fingerprint density at radius 1 is 1.38 bits per heavy atom. The summed E-state index contributed by atoms with van der Waals surface area (Å²) < 4.78 is 0. The van der Waals surface area contributed by atoms with Crippen molar-refractivity contribution in [1.29, 1.82) is 5.26 Å². The fourth-order valence-electron chi connectivity index (χ4n) is 1.76. The van der Waals surface area contributed by atoms with Crippen LogP contribution in [0.3, 0.4) is 0 Å². The van der Waals surface area contributed by atoms with Crippen LogP contribution in [0, 0.1) is 11.3 Å². The molecule has 106 valence electrons. The number of carbonyl (C=O) groups excluding carboxylic acids is 1. The number of anilines is 1. The van der Waals surface area contributed by atoms with E-state index >= 15 is 0 Å². The van der Waals surface area contributed by atoms with Gasteiger partial charge in [-0.3, -0.25) is 4.79 Å². The number of carbonyl (C=O) groups is 1. The molecule has 0 aliphatic carbocycles. The summed E-state index contributed by atoms with van der Waals surface area (Å²) in [4.78, 5) is 16.2. The summed E-state index contributed by atoms with van der Waals surface area (Å²) in [6.45, 7) is 0.302. The number of aromatic nitrogens is 1. The third kappa shape index (κ3) is 3.71. The van der Waals surface area contributed by atoms with Crippen LogP contribution in [-0.4, -0.2) is 17.9 Å². The van der Waals surface area contributed by atoms with Gasteiger partial charge in [0.1, 0.15) is 11.5 Å². The maximum atomic E-state index is 12.1. The Kier molecular flexibility index (Phi) is 4.75. The van der Waals surface area contributed by atoms with Crippen LogP contribution in [0.2, 0.25) is 5.02 Å². The van der Waals surface area contributed by atoms with Crippen LogP contribution in [0.15, 0.2) is 36.4 Å². The fourth-order valence-corrected chi connectivity index (χ4v) is 1.95. The Morgan fingerprint density at radius 3 is 2.90 bits per heavy atom. The molecule has 2 rings (SSSR count). The molecule has 0 saturated heterocycles. The minimum atomic E-state index is -0.362. The van der Waals surface area contributed by atoms with Crippen LogP contribution < -0.4 is 10.6 Å². The van der Waals surface area contributed by atoms with E-state index in [0.29, 0.717) is 17.9 Å². The molecule has 6 heteroatoms. The van der Waals surface area contributed by atoms with E-state index in [-0.39, 0.29) is 16.6 Å². The van der Waals surface area contributed by atoms with E-state index < -0.39 is 0 Å². The lowest BCUT2D eigenvalue weighted by molar-refractivity contribution is 0.0946. The summed E-state index contributed by atoms with van der Waals surface area (Å²) in [6, 6.07) is 12.4. The first kappa shape index (κ1) is 14.8. The van der Waals surface area contributed by atoms with Crippen molar-refractivity contribution in [3.8, 4) is 6.07 Å². The number of nitrogens with one attached hydrogen (secondary N) is 2. The van der Waals surface area contributed by atoms with Gasteiger partial charge in [-0.15, -0.1) is 0 Å². The number of hydrogen-bond acceptors (Lipinski definition) is 4. The predicted octanol–water partition coefficient (Wildman–Crippen LogP) is 2.58. The monoisotopic (exact) mass is 300 g/mol. The number of rotatable bonds is 4. The summed E-state index contributed by atoms with van der Waals surface area (Å²) in [7, 11) is 1.71. The van der Waals surface area contributed by atoms with Crippen LogP contribution in [0.5, 0.6) is 0 Å². The lowest BCUT2D eigenvalue weighted by atomic mass is 10.1. The highest BCUT2D eigenvalue weighted by atomic mass is 35.5. The zero-order valence-corrected chi connectivity index (χ0v) is 12.1. The van der Waals surface area contributed by atoms with Crippen LogP contribution in [0.25, 0.3) is 0 Å². The highest BCUT2D eigenvalue weighted by Crippen LogP contribution is 2.16. The summed E-state index contributed by atoms with van der Waals surface area (Å²) in [5.41, 5.74) is 1.55. The van der Waals surface area contributed by atoms with Gasteiger partial charge in [0, 0.05) is 13.6 Å². The van der Waals surface area contributed by atoms with Crippen molar-refractivity contribution in [3.63, 3.8) is 0 Å². The highest BCUT2D eigenvalue weighted by Gasteiger charge is 2.12. The van der Waals surface area contributed by atoms with Crippen LogP contribution >= 0.6 is 11.6 Å². The van der Waals surface area contributed by atoms with Crippen molar-refractivity contribution >= 4 is 23.3 Å². The van der Waals surface area contributed by atoms with E-state index in [4.69, 9.17) is 16.9 Å². The minimum Gasteiger partial charge on any atom is -0.373 e. The molecule has 2 aromatic rings. The van der Waals surface area contributed by atoms with Crippen LogP contribution in [0.1, 0.15) is 21.6 Å². The molecule has 0 unspecified atom stereocenters. The number of amides is 1. The first-order chi connectivity index (χ1) is 10.1. The fraction of sp³-hybridized carbons (Fsp3) is 0.133. The second-order valence-corrected chi connectivity index (χ2v) is 4.68. The van der Waals surface area contributed by atoms with Crippen molar-refractivity contribution in [1.82, 2.24) is 10.3 Å². The Morgan fingerprint density at radius 2 is 2.19 bits per heavy atom. The molecule has 0 radical (unpaired) electrons. The number of nitrogens with zero attached hydrogens (tertiary/aromatic N) is 2. The van der Waals surface area contributed by atoms with E-state index in [1.165, 1.54) is 0 Å². The molecule has 0 aliphatic heterocycles. The minimum absolute atomic E-state index is 0.167. The Labute approximate surface area is 127 Å². The van der Waals surface area contributed by atoms with Gasteiger partial charge in [-0.25, -0.2) is 4.98 Å². The first-order valence-corrected chi connectivity index (χ1v) is 6.63. The molecular weight excluding hydrogens is 288 g/mol. The summed E-state index contributed by atoms with van der Waals surface area (Å²) in [5.74, 6) is 0.204. The van der Waals surface area contributed by atoms with Crippen LogP contribution in [0.4, 0.5) is 5.82 Å². The second-order valence-electron chi connectivity index (χ2n) is 4.27. The maximum Gasteiger partial charge on any atom is 0.271 e. The van der Waals surface area contributed by atoms with Crippen molar-refractivity contribution < 1.29 is 4.79 Å². The summed E-state index contributed by atoms with van der Waals surface area (Å²) in [5, 5.41) is 14.7. The summed E-state index contributed by atoms with van der Waals surface area (Å²) in [6.07, 6.45) is 0. The largest absolute Gasteiger partial charge is 0.373 e. The van der Waals surface area contributed by atoms with Gasteiger partial charge in [-0.2, -0.15) is 5.26 Å². The molecule has 0 saturated carbocycles. The Hall–Kier alpha value is -2.58. The van der Waals surface area contributed by atoms with Crippen LogP contribution in [-0.2, 0) is 6.54 Å². The lowest BCUT2D eigenvalue weighted by Gasteiger charge is -2.08. The average molecular weight is 301 g/mol. The number of benzene rings is 1. The normalized spacial score (nSPS) is 9.76. The van der Waals surface area contributed by atoms with Gasteiger partial charge in [0.05, 0.1) is 16.7 Å². The molecule has 0 spiro atoms. The lowest BCUT2D eigenvalue weighted by Crippen LogP contribution is -2.24. The maximum absolute atomic E-state index is 12.1. The van der Waals surface area contributed by atoms with Crippen molar-refractivity contribution in [2.75, 3.05) is 12.4 Å². The van der Waals surface area contributed by atoms with E-state index in [2.05, 4.69) is 21.7 Å². The first-order valence-electron chi connectivity index (χ1n) is 6.25. The van der Waals surface area contributed by atoms with Gasteiger partial charge < -0.3 is 10.6 Å². The van der Waals surface area contributed by atoms with Crippen molar-refractivity contribution in [2.45, 2.75) is 6.54 Å². The average Bonchev–Trinajstić information content (AvgIpc) is 2.53. The molecule has 21 heavy (non-hydrogen) atoms. The number of halogens is 1. The third-order valence-electron chi connectivity index (χ3n) is 2.83. The van der Waals surface area contributed by atoms with Gasteiger partial charge in [0.2, 0.25) is 0 Å². The molecule has 1 aromatic carbocycles. The predicted molar refractivity (Wildman–Crippen MR) is 81.1 cm³/mol. The standard InChI is InChI=1S/C15H13ClN4O/c1-18-13-6-5-12(16)14(20-13)15(21)19-9-11-4-2-3-10(7-11)8-17/h2-7H,9H2,1H3,(H,18,20)(H,19,21).